The van der Waals surface area contributed by atoms with Crippen molar-refractivity contribution in [2.24, 2.45) is 16.7 Å². The van der Waals surface area contributed by atoms with E-state index >= 15 is 0 Å². The van der Waals surface area contributed by atoms with Gasteiger partial charge >= 0.3 is 11.9 Å². The van der Waals surface area contributed by atoms with E-state index in [0.717, 1.165) is 0 Å². The minimum atomic E-state index is -0.892. The smallest absolute Gasteiger partial charge is 0.309 e. The molecular formula is C13H24O4. The first kappa shape index (κ1) is 15.9. The van der Waals surface area contributed by atoms with Crippen molar-refractivity contribution in [3.8, 4) is 0 Å². The fraction of sp³-hybridized carbons (Fsp3) is 0.846. The minimum Gasteiger partial charge on any atom is -0.481 e. The van der Waals surface area contributed by atoms with Gasteiger partial charge in [-0.05, 0) is 31.1 Å². The summed E-state index contributed by atoms with van der Waals surface area (Å²) in [7, 11) is 0. The van der Waals surface area contributed by atoms with Crippen LogP contribution >= 0.6 is 0 Å². The van der Waals surface area contributed by atoms with Gasteiger partial charge < -0.3 is 10.2 Å². The van der Waals surface area contributed by atoms with Crippen LogP contribution in [-0.4, -0.2) is 22.2 Å². The molecule has 0 amide bonds. The van der Waals surface area contributed by atoms with Crippen LogP contribution < -0.4 is 0 Å². The highest BCUT2D eigenvalue weighted by Crippen LogP contribution is 2.50. The van der Waals surface area contributed by atoms with Gasteiger partial charge in [-0.15, -0.1) is 0 Å². The predicted octanol–water partition coefficient (Wildman–Crippen LogP) is 3.01. The maximum atomic E-state index is 11.5. The lowest BCUT2D eigenvalue weighted by Crippen LogP contribution is -2.47. The first-order valence-corrected chi connectivity index (χ1v) is 6.10. The molecule has 0 aromatic heterocycles. The molecule has 4 heteroatoms. The third-order valence-corrected chi connectivity index (χ3v) is 4.74. The van der Waals surface area contributed by atoms with Gasteiger partial charge in [0.25, 0.3) is 0 Å². The van der Waals surface area contributed by atoms with E-state index in [4.69, 9.17) is 5.11 Å². The van der Waals surface area contributed by atoms with Crippen LogP contribution in [0.15, 0.2) is 0 Å². The van der Waals surface area contributed by atoms with Crippen LogP contribution in [0.25, 0.3) is 0 Å². The average Bonchev–Trinajstić information content (AvgIpc) is 2.25. The monoisotopic (exact) mass is 244 g/mol. The molecule has 0 spiro atoms. The first-order chi connectivity index (χ1) is 7.65. The number of rotatable bonds is 7. The highest BCUT2D eigenvalue weighted by Gasteiger charge is 2.51. The molecular weight excluding hydrogens is 220 g/mol. The van der Waals surface area contributed by atoms with E-state index in [2.05, 4.69) is 0 Å². The highest BCUT2D eigenvalue weighted by molar-refractivity contribution is 5.75. The zero-order chi connectivity index (χ0) is 13.9. The van der Waals surface area contributed by atoms with Gasteiger partial charge in [0.1, 0.15) is 0 Å². The van der Waals surface area contributed by atoms with Crippen LogP contribution in [0.1, 0.15) is 53.9 Å². The lowest BCUT2D eigenvalue weighted by Gasteiger charge is -2.46. The van der Waals surface area contributed by atoms with E-state index in [-0.39, 0.29) is 12.3 Å². The van der Waals surface area contributed by atoms with Crippen molar-refractivity contribution < 1.29 is 19.8 Å². The van der Waals surface area contributed by atoms with Gasteiger partial charge in [-0.25, -0.2) is 0 Å². The Morgan fingerprint density at radius 2 is 1.59 bits per heavy atom. The molecule has 0 saturated heterocycles. The van der Waals surface area contributed by atoms with Crippen LogP contribution in [0.4, 0.5) is 0 Å². The number of carboxylic acids is 2. The van der Waals surface area contributed by atoms with Gasteiger partial charge in [0, 0.05) is 6.42 Å². The van der Waals surface area contributed by atoms with Gasteiger partial charge in [-0.2, -0.15) is 0 Å². The lowest BCUT2D eigenvalue weighted by molar-refractivity contribution is -0.162. The first-order valence-electron chi connectivity index (χ1n) is 6.10. The van der Waals surface area contributed by atoms with Crippen molar-refractivity contribution >= 4 is 11.9 Å². The average molecular weight is 244 g/mol. The molecule has 4 nitrogen and oxygen atoms in total. The van der Waals surface area contributed by atoms with Crippen LogP contribution in [0.3, 0.4) is 0 Å². The van der Waals surface area contributed by atoms with E-state index in [1.54, 1.807) is 6.92 Å². The Morgan fingerprint density at radius 1 is 1.12 bits per heavy atom. The topological polar surface area (TPSA) is 74.6 Å². The summed E-state index contributed by atoms with van der Waals surface area (Å²) < 4.78 is 0. The Morgan fingerprint density at radius 3 is 1.82 bits per heavy atom. The fourth-order valence-electron chi connectivity index (χ4n) is 2.57. The Labute approximate surface area is 103 Å². The van der Waals surface area contributed by atoms with Gasteiger partial charge in [0.15, 0.2) is 0 Å². The molecule has 0 fully saturated rings. The standard InChI is InChI=1S/C13H24O4/c1-6-12(4,9(3)8-10(14)15)13(5,7-2)11(16)17/h9H,6-8H2,1-5H3,(H,14,15)(H,16,17). The molecule has 3 unspecified atom stereocenters. The van der Waals surface area contributed by atoms with Crippen molar-refractivity contribution in [3.05, 3.63) is 0 Å². The lowest BCUT2D eigenvalue weighted by atomic mass is 9.56. The zero-order valence-corrected chi connectivity index (χ0v) is 11.4. The number of hydrogen-bond acceptors (Lipinski definition) is 2. The maximum absolute atomic E-state index is 11.5. The second-order valence-electron chi connectivity index (χ2n) is 5.26. The molecule has 0 aromatic rings. The minimum absolute atomic E-state index is 0.00715. The Hall–Kier alpha value is -1.06. The second-order valence-corrected chi connectivity index (χ2v) is 5.26. The molecule has 0 aliphatic carbocycles. The normalized spacial score (nSPS) is 20.1. The van der Waals surface area contributed by atoms with Crippen molar-refractivity contribution in [1.29, 1.82) is 0 Å². The molecule has 0 aromatic carbocycles. The van der Waals surface area contributed by atoms with Crippen LogP contribution in [-0.2, 0) is 9.59 Å². The number of carboxylic acid groups (broad SMARTS) is 2. The number of hydrogen-bond donors (Lipinski definition) is 2. The molecule has 0 bridgehead atoms. The van der Waals surface area contributed by atoms with E-state index in [0.29, 0.717) is 12.8 Å². The summed E-state index contributed by atoms with van der Waals surface area (Å²) in [4.78, 5) is 22.3. The summed E-state index contributed by atoms with van der Waals surface area (Å²) in [5.74, 6) is -1.89. The van der Waals surface area contributed by atoms with E-state index in [9.17, 15) is 14.7 Å². The van der Waals surface area contributed by atoms with Crippen molar-refractivity contribution in [1.82, 2.24) is 0 Å². The number of aliphatic carboxylic acids is 2. The van der Waals surface area contributed by atoms with Crippen LogP contribution in [0, 0.1) is 16.7 Å². The van der Waals surface area contributed by atoms with Crippen LogP contribution in [0.2, 0.25) is 0 Å². The Kier molecular flexibility index (Phi) is 5.17. The molecule has 0 heterocycles. The molecule has 0 radical (unpaired) electrons. The third kappa shape index (κ3) is 2.79. The summed E-state index contributed by atoms with van der Waals surface area (Å²) in [6, 6.07) is 0. The highest BCUT2D eigenvalue weighted by atomic mass is 16.4. The second kappa shape index (κ2) is 5.52. The Bertz CT molecular complexity index is 300. The molecule has 100 valence electrons. The van der Waals surface area contributed by atoms with Gasteiger partial charge in [0.2, 0.25) is 0 Å². The van der Waals surface area contributed by atoms with Crippen molar-refractivity contribution in [2.75, 3.05) is 0 Å². The molecule has 0 aliphatic rings. The molecule has 0 rings (SSSR count). The van der Waals surface area contributed by atoms with Gasteiger partial charge in [0.05, 0.1) is 5.41 Å². The Balaban J connectivity index is 5.37. The molecule has 17 heavy (non-hydrogen) atoms. The molecule has 0 saturated carbocycles. The van der Waals surface area contributed by atoms with E-state index in [1.165, 1.54) is 0 Å². The van der Waals surface area contributed by atoms with Crippen molar-refractivity contribution in [3.63, 3.8) is 0 Å². The van der Waals surface area contributed by atoms with E-state index in [1.807, 2.05) is 27.7 Å². The van der Waals surface area contributed by atoms with Gasteiger partial charge in [-0.3, -0.25) is 9.59 Å². The summed E-state index contributed by atoms with van der Waals surface area (Å²) in [5, 5.41) is 18.3. The molecule has 3 atom stereocenters. The fourth-order valence-corrected chi connectivity index (χ4v) is 2.57. The summed E-state index contributed by atoms with van der Waals surface area (Å²) in [5.41, 5.74) is -1.41. The zero-order valence-electron chi connectivity index (χ0n) is 11.4. The molecule has 0 aliphatic heterocycles. The summed E-state index contributed by atoms with van der Waals surface area (Å²) in [6.45, 7) is 9.20. The maximum Gasteiger partial charge on any atom is 0.309 e. The summed E-state index contributed by atoms with van der Waals surface area (Å²) in [6.07, 6.45) is 1.15. The van der Waals surface area contributed by atoms with Crippen molar-refractivity contribution in [2.45, 2.75) is 53.9 Å². The van der Waals surface area contributed by atoms with Crippen LogP contribution in [0.5, 0.6) is 0 Å². The van der Waals surface area contributed by atoms with Gasteiger partial charge in [-0.1, -0.05) is 27.7 Å². The van der Waals surface area contributed by atoms with E-state index < -0.39 is 22.8 Å². The third-order valence-electron chi connectivity index (χ3n) is 4.74. The summed E-state index contributed by atoms with van der Waals surface area (Å²) >= 11 is 0. The predicted molar refractivity (Wildman–Crippen MR) is 65.8 cm³/mol. The molecule has 2 N–H and O–H groups in total. The largest absolute Gasteiger partial charge is 0.481 e. The number of carbonyl (C=O) groups is 2. The quantitative estimate of drug-likeness (QED) is 0.722. The SMILES string of the molecule is CCC(C)(C(=O)O)C(C)(CC)C(C)CC(=O)O.